The maximum absolute atomic E-state index is 11.4. The van der Waals surface area contributed by atoms with E-state index in [1.165, 1.54) is 14.0 Å². The lowest BCUT2D eigenvalue weighted by Crippen LogP contribution is -2.05. The lowest BCUT2D eigenvalue weighted by Gasteiger charge is -2.05. The number of halogens is 1. The van der Waals surface area contributed by atoms with Crippen LogP contribution in [0.3, 0.4) is 0 Å². The average Bonchev–Trinajstić information content (AvgIpc) is 2.26. The molecule has 1 aromatic rings. The van der Waals surface area contributed by atoms with E-state index in [0.717, 1.165) is 11.1 Å². The molecule has 86 valence electrons. The van der Waals surface area contributed by atoms with Crippen LogP contribution in [0.25, 0.3) is 0 Å². The van der Waals surface area contributed by atoms with Crippen LogP contribution >= 0.6 is 11.6 Å². The second-order valence-electron chi connectivity index (χ2n) is 3.54. The number of benzene rings is 1. The van der Waals surface area contributed by atoms with Gasteiger partial charge in [0.25, 0.3) is 0 Å². The fourth-order valence-electron chi connectivity index (χ4n) is 1.46. The van der Waals surface area contributed by atoms with Crippen LogP contribution in [0.1, 0.15) is 28.4 Å². The Labute approximate surface area is 99.4 Å². The van der Waals surface area contributed by atoms with Gasteiger partial charge in [-0.3, -0.25) is 4.79 Å². The molecule has 0 saturated heterocycles. The minimum atomic E-state index is -0.420. The van der Waals surface area contributed by atoms with Gasteiger partial charge in [-0.25, -0.2) is 4.79 Å². The molecule has 0 unspecified atom stereocenters. The van der Waals surface area contributed by atoms with Crippen molar-refractivity contribution in [2.45, 2.75) is 19.2 Å². The van der Waals surface area contributed by atoms with E-state index in [1.807, 2.05) is 6.07 Å². The number of hydrogen-bond donors (Lipinski definition) is 0. The van der Waals surface area contributed by atoms with E-state index in [1.54, 1.807) is 12.1 Å². The zero-order valence-corrected chi connectivity index (χ0v) is 10.0. The van der Waals surface area contributed by atoms with Gasteiger partial charge in [0.2, 0.25) is 0 Å². The van der Waals surface area contributed by atoms with Crippen LogP contribution in [-0.2, 0) is 21.8 Å². The Hall–Kier alpha value is -1.35. The van der Waals surface area contributed by atoms with Crippen molar-refractivity contribution in [2.24, 2.45) is 0 Å². The summed E-state index contributed by atoms with van der Waals surface area (Å²) in [6, 6.07) is 5.15. The Bertz CT molecular complexity index is 413. The lowest BCUT2D eigenvalue weighted by atomic mass is 10.0. The molecule has 0 fully saturated rings. The van der Waals surface area contributed by atoms with Gasteiger partial charge in [-0.15, -0.1) is 11.6 Å². The van der Waals surface area contributed by atoms with E-state index < -0.39 is 5.97 Å². The molecule has 1 aromatic carbocycles. The predicted octanol–water partition coefficient (Wildman–Crippen LogP) is 2.34. The summed E-state index contributed by atoms with van der Waals surface area (Å²) in [7, 11) is 1.32. The quantitative estimate of drug-likeness (QED) is 0.599. The monoisotopic (exact) mass is 240 g/mol. The van der Waals surface area contributed by atoms with E-state index >= 15 is 0 Å². The van der Waals surface area contributed by atoms with Crippen LogP contribution in [0, 0.1) is 0 Å². The normalized spacial score (nSPS) is 9.94. The molecule has 0 aliphatic heterocycles. The number of rotatable bonds is 4. The highest BCUT2D eigenvalue weighted by Gasteiger charge is 2.09. The van der Waals surface area contributed by atoms with Gasteiger partial charge in [-0.1, -0.05) is 6.07 Å². The fourth-order valence-corrected chi connectivity index (χ4v) is 1.62. The first-order chi connectivity index (χ1) is 7.56. The van der Waals surface area contributed by atoms with Crippen LogP contribution < -0.4 is 0 Å². The highest BCUT2D eigenvalue weighted by molar-refractivity contribution is 6.17. The number of alkyl halides is 1. The molecule has 0 aliphatic carbocycles. The first kappa shape index (κ1) is 12.7. The fraction of sp³-hybridized carbons (Fsp3) is 0.333. The summed E-state index contributed by atoms with van der Waals surface area (Å²) in [5.74, 6) is -0.0743. The molecule has 16 heavy (non-hydrogen) atoms. The van der Waals surface area contributed by atoms with Crippen molar-refractivity contribution in [3.63, 3.8) is 0 Å². The van der Waals surface area contributed by atoms with Crippen molar-refractivity contribution in [2.75, 3.05) is 7.11 Å². The number of carbonyl (C=O) groups excluding carboxylic acids is 2. The molecule has 0 aliphatic rings. The van der Waals surface area contributed by atoms with Gasteiger partial charge in [-0.05, 0) is 30.2 Å². The molecular weight excluding hydrogens is 228 g/mol. The summed E-state index contributed by atoms with van der Waals surface area (Å²) in [4.78, 5) is 22.4. The Morgan fingerprint density at radius 2 is 1.88 bits per heavy atom. The number of ketones is 1. The number of Topliss-reactive ketones (excluding diaryl/α,β-unsaturated/α-hetero) is 1. The van der Waals surface area contributed by atoms with Gasteiger partial charge < -0.3 is 4.74 Å². The summed E-state index contributed by atoms with van der Waals surface area (Å²) in [5.41, 5.74) is 2.02. The van der Waals surface area contributed by atoms with E-state index in [2.05, 4.69) is 4.74 Å². The minimum Gasteiger partial charge on any atom is -0.465 e. The van der Waals surface area contributed by atoms with Crippen molar-refractivity contribution in [3.05, 3.63) is 34.9 Å². The highest BCUT2D eigenvalue weighted by atomic mass is 35.5. The van der Waals surface area contributed by atoms with Crippen molar-refractivity contribution in [3.8, 4) is 0 Å². The molecule has 1 rings (SSSR count). The summed E-state index contributed by atoms with van der Waals surface area (Å²) in [5, 5.41) is 0. The molecule has 3 nitrogen and oxygen atoms in total. The molecule has 0 heterocycles. The zero-order chi connectivity index (χ0) is 12.1. The molecule has 0 amide bonds. The maximum Gasteiger partial charge on any atom is 0.337 e. The van der Waals surface area contributed by atoms with Gasteiger partial charge in [0.1, 0.15) is 5.78 Å². The largest absolute Gasteiger partial charge is 0.465 e. The summed E-state index contributed by atoms with van der Waals surface area (Å²) < 4.78 is 4.63. The Morgan fingerprint density at radius 1 is 1.25 bits per heavy atom. The molecule has 0 aromatic heterocycles. The smallest absolute Gasteiger partial charge is 0.337 e. The summed E-state index contributed by atoms with van der Waals surface area (Å²) >= 11 is 5.72. The van der Waals surface area contributed by atoms with Gasteiger partial charge >= 0.3 is 5.97 Å². The average molecular weight is 241 g/mol. The highest BCUT2D eigenvalue weighted by Crippen LogP contribution is 2.14. The standard InChI is InChI=1S/C12H13ClO3/c1-8(14)3-9-4-10(7-13)6-11(5-9)12(15)16-2/h4-6H,3,7H2,1-2H3. The molecule has 0 atom stereocenters. The van der Waals surface area contributed by atoms with Crippen molar-refractivity contribution in [1.82, 2.24) is 0 Å². The number of esters is 1. The molecule has 0 spiro atoms. The predicted molar refractivity (Wildman–Crippen MR) is 61.7 cm³/mol. The molecule has 0 bridgehead atoms. The van der Waals surface area contributed by atoms with Crippen molar-refractivity contribution in [1.29, 1.82) is 0 Å². The van der Waals surface area contributed by atoms with E-state index in [0.29, 0.717) is 17.9 Å². The van der Waals surface area contributed by atoms with Crippen LogP contribution in [0.15, 0.2) is 18.2 Å². The molecule has 0 radical (unpaired) electrons. The van der Waals surface area contributed by atoms with Gasteiger partial charge in [0, 0.05) is 12.3 Å². The third kappa shape index (κ3) is 3.35. The molecule has 4 heteroatoms. The van der Waals surface area contributed by atoms with Crippen LogP contribution in [-0.4, -0.2) is 18.9 Å². The summed E-state index contributed by atoms with van der Waals surface area (Å²) in [6.07, 6.45) is 0.300. The molecular formula is C12H13ClO3. The maximum atomic E-state index is 11.4. The summed E-state index contributed by atoms with van der Waals surface area (Å²) in [6.45, 7) is 1.51. The van der Waals surface area contributed by atoms with Crippen LogP contribution in [0.2, 0.25) is 0 Å². The Balaban J connectivity index is 3.10. The Morgan fingerprint density at radius 3 is 2.38 bits per heavy atom. The third-order valence-corrected chi connectivity index (χ3v) is 2.39. The van der Waals surface area contributed by atoms with Crippen molar-refractivity contribution < 1.29 is 14.3 Å². The van der Waals surface area contributed by atoms with Crippen LogP contribution in [0.4, 0.5) is 0 Å². The molecule has 0 N–H and O–H groups in total. The first-order valence-corrected chi connectivity index (χ1v) is 5.37. The topological polar surface area (TPSA) is 43.4 Å². The molecule has 0 saturated carbocycles. The van der Waals surface area contributed by atoms with E-state index in [-0.39, 0.29) is 5.78 Å². The second kappa shape index (κ2) is 5.66. The zero-order valence-electron chi connectivity index (χ0n) is 9.25. The van der Waals surface area contributed by atoms with E-state index in [4.69, 9.17) is 11.6 Å². The Kier molecular flexibility index (Phi) is 4.50. The third-order valence-electron chi connectivity index (χ3n) is 2.08. The number of methoxy groups -OCH3 is 1. The van der Waals surface area contributed by atoms with E-state index in [9.17, 15) is 9.59 Å². The number of hydrogen-bond acceptors (Lipinski definition) is 3. The number of ether oxygens (including phenoxy) is 1. The van der Waals surface area contributed by atoms with Gasteiger partial charge in [0.15, 0.2) is 0 Å². The van der Waals surface area contributed by atoms with Gasteiger partial charge in [0.05, 0.1) is 12.7 Å². The van der Waals surface area contributed by atoms with Crippen LogP contribution in [0.5, 0.6) is 0 Å². The van der Waals surface area contributed by atoms with Crippen molar-refractivity contribution >= 4 is 23.4 Å². The SMILES string of the molecule is COC(=O)c1cc(CCl)cc(CC(C)=O)c1. The van der Waals surface area contributed by atoms with Gasteiger partial charge in [-0.2, -0.15) is 0 Å². The minimum absolute atomic E-state index is 0.0440. The first-order valence-electron chi connectivity index (χ1n) is 4.83. The number of carbonyl (C=O) groups is 2. The second-order valence-corrected chi connectivity index (χ2v) is 3.81. The lowest BCUT2D eigenvalue weighted by molar-refractivity contribution is -0.116.